The van der Waals surface area contributed by atoms with Crippen molar-refractivity contribution >= 4 is 27.4 Å². The van der Waals surface area contributed by atoms with Gasteiger partial charge in [0.25, 0.3) is 0 Å². The molecule has 0 saturated carbocycles. The maximum Gasteiger partial charge on any atom is 0.0544 e. The highest BCUT2D eigenvalue weighted by Gasteiger charge is 2.36. The zero-order chi connectivity index (χ0) is 43.2. The van der Waals surface area contributed by atoms with Crippen LogP contribution in [0.4, 0.5) is 0 Å². The molecule has 0 unspecified atom stereocenters. The zero-order valence-electron chi connectivity index (χ0n) is 36.9. The van der Waals surface area contributed by atoms with E-state index >= 15 is 0 Å². The van der Waals surface area contributed by atoms with Crippen molar-refractivity contribution in [3.05, 3.63) is 252 Å². The first-order valence-corrected chi connectivity index (χ1v) is 21.7. The molecule has 1 aliphatic carbocycles. The van der Waals surface area contributed by atoms with Crippen LogP contribution in [0.25, 0.3) is 66.4 Å². The Labute approximate surface area is 368 Å². The average Bonchev–Trinajstić information content (AvgIpc) is 3.75. The van der Waals surface area contributed by atoms with Crippen molar-refractivity contribution in [1.29, 1.82) is 0 Å². The standard InChI is InChI=1S/C34H27N.C14H16.C13H12/c1-22-13-15-23(16-14-22)24-17-18-32-28(19-24)29-20-27-26-11-7-8-12-30(26)34(2,3)31(27)21-33(29)35(32)25-9-5-4-6-10-25;1-4-6-7-13(5-2)14-10-8-12(3)9-11-14;1-11-7-9-13(10-8-11)12-5-3-2-4-6-12/h4-21H,1-3H3;4-11H,2H2,1,3H3;2-10H,1H3/b;6-4-,13-7+;. The number of nitrogens with zero attached hydrogens (tertiary/aromatic N) is 1. The number of aryl methyl sites for hydroxylation is 3. The van der Waals surface area contributed by atoms with Gasteiger partial charge in [0.1, 0.15) is 0 Å². The second-order valence-electron chi connectivity index (χ2n) is 16.8. The summed E-state index contributed by atoms with van der Waals surface area (Å²) >= 11 is 0. The van der Waals surface area contributed by atoms with Crippen LogP contribution in [0.5, 0.6) is 0 Å². The lowest BCUT2D eigenvalue weighted by Crippen LogP contribution is -2.14. The van der Waals surface area contributed by atoms with Gasteiger partial charge in [-0.25, -0.2) is 0 Å². The zero-order valence-corrected chi connectivity index (χ0v) is 36.9. The molecule has 62 heavy (non-hydrogen) atoms. The fourth-order valence-corrected chi connectivity index (χ4v) is 8.60. The first-order chi connectivity index (χ1) is 30.2. The topological polar surface area (TPSA) is 4.93 Å². The molecule has 8 aromatic carbocycles. The van der Waals surface area contributed by atoms with Gasteiger partial charge in [-0.1, -0.05) is 213 Å². The van der Waals surface area contributed by atoms with Crippen LogP contribution < -0.4 is 0 Å². The summed E-state index contributed by atoms with van der Waals surface area (Å²) in [7, 11) is 0. The Bertz CT molecular complexity index is 3030. The average molecular weight is 802 g/mol. The number of allylic oxidation sites excluding steroid dienone is 5. The molecule has 1 heterocycles. The number of para-hydroxylation sites is 1. The van der Waals surface area contributed by atoms with Gasteiger partial charge in [-0.05, 0) is 120 Å². The number of hydrogen-bond donors (Lipinski definition) is 0. The largest absolute Gasteiger partial charge is 0.309 e. The number of aromatic nitrogens is 1. The summed E-state index contributed by atoms with van der Waals surface area (Å²) in [5, 5.41) is 2.61. The summed E-state index contributed by atoms with van der Waals surface area (Å²) in [4.78, 5) is 0. The molecule has 0 amide bonds. The van der Waals surface area contributed by atoms with Crippen molar-refractivity contribution in [2.45, 2.75) is 47.0 Å². The van der Waals surface area contributed by atoms with E-state index in [0.717, 1.165) is 5.57 Å². The molecule has 0 saturated heterocycles. The van der Waals surface area contributed by atoms with Gasteiger partial charge < -0.3 is 4.57 Å². The normalized spacial score (nSPS) is 12.6. The maximum absolute atomic E-state index is 3.81. The first-order valence-electron chi connectivity index (χ1n) is 21.7. The molecule has 1 nitrogen and oxygen atoms in total. The fraction of sp³-hybridized carbons (Fsp3) is 0.115. The number of rotatable bonds is 6. The molecule has 0 N–H and O–H groups in total. The lowest BCUT2D eigenvalue weighted by Gasteiger charge is -2.21. The monoisotopic (exact) mass is 801 g/mol. The van der Waals surface area contributed by atoms with Crippen LogP contribution in [0.1, 0.15) is 54.2 Å². The second kappa shape index (κ2) is 18.2. The van der Waals surface area contributed by atoms with Crippen LogP contribution >= 0.6 is 0 Å². The molecule has 10 rings (SSSR count). The highest BCUT2D eigenvalue weighted by atomic mass is 15.0. The smallest absolute Gasteiger partial charge is 0.0544 e. The van der Waals surface area contributed by atoms with Gasteiger partial charge in [-0.2, -0.15) is 0 Å². The van der Waals surface area contributed by atoms with Crippen LogP contribution in [0.3, 0.4) is 0 Å². The summed E-state index contributed by atoms with van der Waals surface area (Å²) in [6.45, 7) is 16.9. The van der Waals surface area contributed by atoms with Crippen molar-refractivity contribution in [3.8, 4) is 39.1 Å². The van der Waals surface area contributed by atoms with Crippen molar-refractivity contribution in [3.63, 3.8) is 0 Å². The molecule has 0 aliphatic heterocycles. The number of benzene rings is 8. The van der Waals surface area contributed by atoms with E-state index in [1.807, 2.05) is 31.2 Å². The van der Waals surface area contributed by atoms with E-state index in [9.17, 15) is 0 Å². The Kier molecular flexibility index (Phi) is 12.2. The van der Waals surface area contributed by atoms with Gasteiger partial charge in [0.2, 0.25) is 0 Å². The summed E-state index contributed by atoms with van der Waals surface area (Å²) in [5.41, 5.74) is 20.6. The Morgan fingerprint density at radius 1 is 0.484 bits per heavy atom. The third-order valence-corrected chi connectivity index (χ3v) is 12.1. The molecule has 0 radical (unpaired) electrons. The van der Waals surface area contributed by atoms with Crippen molar-refractivity contribution in [2.75, 3.05) is 0 Å². The SMILES string of the molecule is C=C/C(=C\C=C/C)c1ccc(C)cc1.Cc1ccc(-c2ccc3c(c2)c2cc4c(cc2n3-c2ccccc2)C(C)(C)c2ccccc2-4)cc1.Cc1ccc(-c2ccccc2)cc1. The van der Waals surface area contributed by atoms with Gasteiger partial charge in [0.05, 0.1) is 11.0 Å². The number of fused-ring (bicyclic) bond motifs is 6. The van der Waals surface area contributed by atoms with Crippen molar-refractivity contribution < 1.29 is 0 Å². The summed E-state index contributed by atoms with van der Waals surface area (Å²) in [5.74, 6) is 0. The predicted octanol–water partition coefficient (Wildman–Crippen LogP) is 16.9. The lowest BCUT2D eigenvalue weighted by molar-refractivity contribution is 0.661. The van der Waals surface area contributed by atoms with E-state index in [1.54, 1.807) is 0 Å². The van der Waals surface area contributed by atoms with E-state index < -0.39 is 0 Å². The van der Waals surface area contributed by atoms with Gasteiger partial charge >= 0.3 is 0 Å². The van der Waals surface area contributed by atoms with Gasteiger partial charge in [-0.3, -0.25) is 0 Å². The Hall–Kier alpha value is -7.22. The third-order valence-electron chi connectivity index (χ3n) is 12.1. The van der Waals surface area contributed by atoms with Crippen LogP contribution in [0.2, 0.25) is 0 Å². The highest BCUT2D eigenvalue weighted by molar-refractivity contribution is 6.12. The van der Waals surface area contributed by atoms with E-state index in [-0.39, 0.29) is 5.41 Å². The Balaban J connectivity index is 0.000000161. The first kappa shape index (κ1) is 41.5. The molecule has 1 aliphatic rings. The third kappa shape index (κ3) is 8.53. The van der Waals surface area contributed by atoms with Crippen LogP contribution in [-0.4, -0.2) is 4.57 Å². The quantitative estimate of drug-likeness (QED) is 0.148. The Morgan fingerprint density at radius 2 is 1.00 bits per heavy atom. The van der Waals surface area contributed by atoms with E-state index in [4.69, 9.17) is 0 Å². The van der Waals surface area contributed by atoms with Gasteiger partial charge in [-0.15, -0.1) is 0 Å². The fourth-order valence-electron chi connectivity index (χ4n) is 8.60. The van der Waals surface area contributed by atoms with Crippen molar-refractivity contribution in [2.24, 2.45) is 0 Å². The molecule has 9 aromatic rings. The summed E-state index contributed by atoms with van der Waals surface area (Å²) in [6.07, 6.45) is 7.98. The molecule has 0 spiro atoms. The molecule has 1 aromatic heterocycles. The number of hydrogen-bond acceptors (Lipinski definition) is 0. The molecule has 0 atom stereocenters. The maximum atomic E-state index is 3.81. The van der Waals surface area contributed by atoms with Gasteiger partial charge in [0.15, 0.2) is 0 Å². The molecular formula is C61H55N. The minimum absolute atomic E-state index is 0.0227. The van der Waals surface area contributed by atoms with Crippen molar-refractivity contribution in [1.82, 2.24) is 4.57 Å². The molecule has 0 bridgehead atoms. The molecule has 0 fully saturated rings. The van der Waals surface area contributed by atoms with Gasteiger partial charge in [0, 0.05) is 21.9 Å². The summed E-state index contributed by atoms with van der Waals surface area (Å²) < 4.78 is 2.43. The predicted molar refractivity (Wildman–Crippen MR) is 269 cm³/mol. The van der Waals surface area contributed by atoms with E-state index in [0.29, 0.717) is 0 Å². The molecule has 304 valence electrons. The minimum atomic E-state index is -0.0227. The minimum Gasteiger partial charge on any atom is -0.309 e. The van der Waals surface area contributed by atoms with Crippen LogP contribution in [0, 0.1) is 20.8 Å². The van der Waals surface area contributed by atoms with E-state index in [1.165, 1.54) is 94.3 Å². The van der Waals surface area contributed by atoms with Crippen LogP contribution in [-0.2, 0) is 5.41 Å². The van der Waals surface area contributed by atoms with E-state index in [2.05, 4.69) is 234 Å². The Morgan fingerprint density at radius 3 is 1.61 bits per heavy atom. The summed E-state index contributed by atoms with van der Waals surface area (Å²) in [6, 6.07) is 67.8. The highest BCUT2D eigenvalue weighted by Crippen LogP contribution is 2.51. The molecular weight excluding hydrogens is 747 g/mol. The second-order valence-corrected chi connectivity index (χ2v) is 16.8. The van der Waals surface area contributed by atoms with Crippen LogP contribution in [0.15, 0.2) is 219 Å². The lowest BCUT2D eigenvalue weighted by atomic mass is 9.82. The molecule has 1 heteroatoms.